The van der Waals surface area contributed by atoms with Gasteiger partial charge in [-0.25, -0.2) is 4.39 Å². The highest BCUT2D eigenvalue weighted by atomic mass is 19.1. The zero-order valence-electron chi connectivity index (χ0n) is 10.2. The quantitative estimate of drug-likeness (QED) is 0.782. The van der Waals surface area contributed by atoms with Crippen LogP contribution in [0.5, 0.6) is 0 Å². The Bertz CT molecular complexity index is 406. The molecule has 2 aromatic heterocycles. The Hall–Kier alpha value is -1.81. The van der Waals surface area contributed by atoms with Crippen molar-refractivity contribution < 1.29 is 4.39 Å². The molecule has 94 valence electrons. The monoisotopic (exact) mass is 245 g/mol. The van der Waals surface area contributed by atoms with E-state index in [4.69, 9.17) is 0 Å². The van der Waals surface area contributed by atoms with Crippen LogP contribution < -0.4 is 0 Å². The third-order valence-electron chi connectivity index (χ3n) is 2.66. The van der Waals surface area contributed by atoms with Gasteiger partial charge in [0.15, 0.2) is 0 Å². The van der Waals surface area contributed by atoms with Gasteiger partial charge in [0.2, 0.25) is 0 Å². The largest absolute Gasteiger partial charge is 0.292 e. The summed E-state index contributed by atoms with van der Waals surface area (Å²) in [7, 11) is 0. The molecule has 0 aromatic carbocycles. The number of pyridine rings is 2. The predicted octanol–water partition coefficient (Wildman–Crippen LogP) is 2.45. The van der Waals surface area contributed by atoms with Crippen molar-refractivity contribution in [2.45, 2.75) is 13.1 Å². The molecular weight excluding hydrogens is 229 g/mol. The topological polar surface area (TPSA) is 29.0 Å². The van der Waals surface area contributed by atoms with Crippen molar-refractivity contribution in [3.63, 3.8) is 0 Å². The smallest absolute Gasteiger partial charge is 0.102 e. The van der Waals surface area contributed by atoms with Crippen LogP contribution in [-0.4, -0.2) is 28.1 Å². The number of rotatable bonds is 6. The van der Waals surface area contributed by atoms with E-state index in [1.54, 1.807) is 12.4 Å². The normalized spacial score (nSPS) is 10.8. The first-order valence-corrected chi connectivity index (χ1v) is 5.94. The molecule has 0 N–H and O–H groups in total. The molecule has 3 nitrogen and oxygen atoms in total. The van der Waals surface area contributed by atoms with Gasteiger partial charge < -0.3 is 0 Å². The van der Waals surface area contributed by atoms with Crippen molar-refractivity contribution in [2.75, 3.05) is 13.2 Å². The van der Waals surface area contributed by atoms with Crippen LogP contribution in [0.15, 0.2) is 49.1 Å². The maximum Gasteiger partial charge on any atom is 0.102 e. The van der Waals surface area contributed by atoms with Gasteiger partial charge in [-0.05, 0) is 23.3 Å². The number of nitrogens with zero attached hydrogens (tertiary/aromatic N) is 3. The highest BCUT2D eigenvalue weighted by Gasteiger charge is 2.07. The van der Waals surface area contributed by atoms with Gasteiger partial charge in [0, 0.05) is 44.4 Å². The Labute approximate surface area is 106 Å². The number of hydrogen-bond acceptors (Lipinski definition) is 3. The van der Waals surface area contributed by atoms with E-state index in [2.05, 4.69) is 9.97 Å². The van der Waals surface area contributed by atoms with Gasteiger partial charge in [-0.2, -0.15) is 0 Å². The third-order valence-corrected chi connectivity index (χ3v) is 2.66. The minimum Gasteiger partial charge on any atom is -0.292 e. The maximum atomic E-state index is 12.6. The molecule has 4 heteroatoms. The molecule has 2 heterocycles. The molecule has 0 fully saturated rings. The van der Waals surface area contributed by atoms with Gasteiger partial charge in [-0.1, -0.05) is 12.1 Å². The third kappa shape index (κ3) is 3.89. The standard InChI is InChI=1S/C14H16FN3/c15-5-8-18(11-13-3-1-6-16-9-13)12-14-4-2-7-17-10-14/h1-4,6-7,9-10H,5,8,11-12H2. The van der Waals surface area contributed by atoms with Gasteiger partial charge in [0.25, 0.3) is 0 Å². The van der Waals surface area contributed by atoms with Gasteiger partial charge in [-0.3, -0.25) is 14.9 Å². The van der Waals surface area contributed by atoms with Crippen LogP contribution in [0.1, 0.15) is 11.1 Å². The summed E-state index contributed by atoms with van der Waals surface area (Å²) in [4.78, 5) is 10.2. The van der Waals surface area contributed by atoms with Crippen molar-refractivity contribution >= 4 is 0 Å². The molecule has 18 heavy (non-hydrogen) atoms. The van der Waals surface area contributed by atoms with E-state index in [1.165, 1.54) is 0 Å². The molecule has 0 spiro atoms. The molecule has 0 aliphatic carbocycles. The second-order valence-corrected chi connectivity index (χ2v) is 4.12. The highest BCUT2D eigenvalue weighted by molar-refractivity contribution is 5.11. The zero-order valence-corrected chi connectivity index (χ0v) is 10.2. The van der Waals surface area contributed by atoms with Gasteiger partial charge >= 0.3 is 0 Å². The minimum absolute atomic E-state index is 0.347. The predicted molar refractivity (Wildman–Crippen MR) is 68.6 cm³/mol. The minimum atomic E-state index is -0.347. The molecule has 0 radical (unpaired) electrons. The average Bonchev–Trinajstić information content (AvgIpc) is 2.41. The molecule has 0 aliphatic rings. The van der Waals surface area contributed by atoms with Gasteiger partial charge in [-0.15, -0.1) is 0 Å². The van der Waals surface area contributed by atoms with E-state index in [-0.39, 0.29) is 6.67 Å². The van der Waals surface area contributed by atoms with E-state index >= 15 is 0 Å². The Balaban J connectivity index is 2.00. The fourth-order valence-corrected chi connectivity index (χ4v) is 1.83. The fourth-order valence-electron chi connectivity index (χ4n) is 1.83. The van der Waals surface area contributed by atoms with E-state index in [0.717, 1.165) is 11.1 Å². The summed E-state index contributed by atoms with van der Waals surface area (Å²) in [5.74, 6) is 0. The summed E-state index contributed by atoms with van der Waals surface area (Å²) < 4.78 is 12.6. The molecule has 0 amide bonds. The van der Waals surface area contributed by atoms with Crippen LogP contribution in [0, 0.1) is 0 Å². The summed E-state index contributed by atoms with van der Waals surface area (Å²) in [6.07, 6.45) is 7.11. The summed E-state index contributed by atoms with van der Waals surface area (Å²) in [5, 5.41) is 0. The van der Waals surface area contributed by atoms with Crippen LogP contribution in [-0.2, 0) is 13.1 Å². The number of halogens is 1. The van der Waals surface area contributed by atoms with E-state index in [1.807, 2.05) is 41.6 Å². The van der Waals surface area contributed by atoms with E-state index in [9.17, 15) is 4.39 Å². The first-order chi connectivity index (χ1) is 8.88. The molecule has 2 rings (SSSR count). The van der Waals surface area contributed by atoms with Crippen LogP contribution in [0.4, 0.5) is 4.39 Å². The van der Waals surface area contributed by atoms with Crippen LogP contribution in [0.2, 0.25) is 0 Å². The van der Waals surface area contributed by atoms with Crippen LogP contribution >= 0.6 is 0 Å². The number of hydrogen-bond donors (Lipinski definition) is 0. The molecule has 0 atom stereocenters. The number of aromatic nitrogens is 2. The fraction of sp³-hybridized carbons (Fsp3) is 0.286. The van der Waals surface area contributed by atoms with E-state index in [0.29, 0.717) is 19.6 Å². The molecule has 0 unspecified atom stereocenters. The number of alkyl halides is 1. The summed E-state index contributed by atoms with van der Waals surface area (Å²) in [6.45, 7) is 1.48. The lowest BCUT2D eigenvalue weighted by atomic mass is 10.2. The first kappa shape index (κ1) is 12.6. The molecule has 0 aliphatic heterocycles. The van der Waals surface area contributed by atoms with E-state index < -0.39 is 0 Å². The zero-order chi connectivity index (χ0) is 12.6. The summed E-state index contributed by atoms with van der Waals surface area (Å²) in [6, 6.07) is 7.79. The maximum absolute atomic E-state index is 12.6. The molecule has 0 bridgehead atoms. The van der Waals surface area contributed by atoms with Gasteiger partial charge in [0.05, 0.1) is 0 Å². The summed E-state index contributed by atoms with van der Waals surface area (Å²) >= 11 is 0. The van der Waals surface area contributed by atoms with Crippen molar-refractivity contribution in [1.29, 1.82) is 0 Å². The molecule has 2 aromatic rings. The average molecular weight is 245 g/mol. The second kappa shape index (κ2) is 6.81. The SMILES string of the molecule is FCCN(Cc1cccnc1)Cc1cccnc1. The van der Waals surface area contributed by atoms with Crippen LogP contribution in [0.3, 0.4) is 0 Å². The lowest BCUT2D eigenvalue weighted by Crippen LogP contribution is -2.25. The Morgan fingerprint density at radius 3 is 1.89 bits per heavy atom. The van der Waals surface area contributed by atoms with Crippen molar-refractivity contribution in [2.24, 2.45) is 0 Å². The Morgan fingerprint density at radius 1 is 0.944 bits per heavy atom. The first-order valence-electron chi connectivity index (χ1n) is 5.94. The second-order valence-electron chi connectivity index (χ2n) is 4.12. The van der Waals surface area contributed by atoms with Gasteiger partial charge in [0.1, 0.15) is 6.67 Å². The van der Waals surface area contributed by atoms with Crippen molar-refractivity contribution in [3.8, 4) is 0 Å². The molecular formula is C14H16FN3. The summed E-state index contributed by atoms with van der Waals surface area (Å²) in [5.41, 5.74) is 2.18. The lowest BCUT2D eigenvalue weighted by molar-refractivity contribution is 0.232. The molecule has 0 saturated heterocycles. The Kier molecular flexibility index (Phi) is 4.78. The molecule has 0 saturated carbocycles. The lowest BCUT2D eigenvalue weighted by Gasteiger charge is -2.20. The van der Waals surface area contributed by atoms with Crippen molar-refractivity contribution in [3.05, 3.63) is 60.2 Å². The van der Waals surface area contributed by atoms with Crippen LogP contribution in [0.25, 0.3) is 0 Å². The Morgan fingerprint density at radius 2 is 1.50 bits per heavy atom. The van der Waals surface area contributed by atoms with Crippen molar-refractivity contribution in [1.82, 2.24) is 14.9 Å². The highest BCUT2D eigenvalue weighted by Crippen LogP contribution is 2.08.